The Kier molecular flexibility index (Phi) is 5.15. The Hall–Kier alpha value is -1.93. The normalized spacial score (nSPS) is 16.5. The summed E-state index contributed by atoms with van der Waals surface area (Å²) in [4.78, 5) is 8.74. The first-order valence-corrected chi connectivity index (χ1v) is 7.76. The lowest BCUT2D eigenvalue weighted by Crippen LogP contribution is -2.51. The molecule has 0 bridgehead atoms. The molecule has 1 fully saturated rings. The van der Waals surface area contributed by atoms with Gasteiger partial charge in [0.1, 0.15) is 0 Å². The molecule has 0 aliphatic carbocycles. The van der Waals surface area contributed by atoms with Crippen LogP contribution < -0.4 is 10.6 Å². The van der Waals surface area contributed by atoms with Gasteiger partial charge in [0.2, 0.25) is 0 Å². The predicted molar refractivity (Wildman–Crippen MR) is 91.1 cm³/mol. The first-order valence-electron chi connectivity index (χ1n) is 7.38. The second-order valence-electron chi connectivity index (χ2n) is 6.12. The predicted octanol–water partition coefficient (Wildman–Crippen LogP) is 2.33. The molecular formula is C16H22ClN5. The minimum absolute atomic E-state index is 0.423. The summed E-state index contributed by atoms with van der Waals surface area (Å²) in [5, 5.41) is 9.76. The zero-order valence-electron chi connectivity index (χ0n) is 13.1. The van der Waals surface area contributed by atoms with Crippen molar-refractivity contribution in [3.63, 3.8) is 0 Å². The van der Waals surface area contributed by atoms with Crippen LogP contribution in [0.5, 0.6) is 0 Å². The van der Waals surface area contributed by atoms with Gasteiger partial charge in [-0.3, -0.25) is 4.99 Å². The zero-order chi connectivity index (χ0) is 16.2. The van der Waals surface area contributed by atoms with Gasteiger partial charge in [-0.25, -0.2) is 0 Å². The zero-order valence-corrected chi connectivity index (χ0v) is 13.8. The van der Waals surface area contributed by atoms with E-state index in [9.17, 15) is 0 Å². The third kappa shape index (κ3) is 4.28. The highest BCUT2D eigenvalue weighted by Crippen LogP contribution is 2.19. The molecule has 0 saturated carbocycles. The van der Waals surface area contributed by atoms with Crippen molar-refractivity contribution in [1.29, 1.82) is 5.26 Å². The van der Waals surface area contributed by atoms with E-state index in [1.165, 1.54) is 5.69 Å². The fraction of sp³-hybridized carbons (Fsp3) is 0.500. The molecule has 1 aliphatic rings. The molecule has 1 saturated heterocycles. The van der Waals surface area contributed by atoms with Crippen LogP contribution in [0.1, 0.15) is 13.8 Å². The third-order valence-electron chi connectivity index (χ3n) is 3.73. The molecule has 2 N–H and O–H groups in total. The van der Waals surface area contributed by atoms with Crippen LogP contribution in [-0.4, -0.2) is 43.6 Å². The number of rotatable bonds is 3. The highest BCUT2D eigenvalue weighted by Gasteiger charge is 2.20. The van der Waals surface area contributed by atoms with E-state index in [0.717, 1.165) is 31.2 Å². The van der Waals surface area contributed by atoms with Gasteiger partial charge in [0.05, 0.1) is 18.0 Å². The molecule has 1 heterocycles. The fourth-order valence-corrected chi connectivity index (χ4v) is 2.39. The smallest absolute Gasteiger partial charge is 0.191 e. The summed E-state index contributed by atoms with van der Waals surface area (Å²) in [6, 6.07) is 10.1. The lowest BCUT2D eigenvalue weighted by molar-refractivity contribution is 0.378. The maximum absolute atomic E-state index is 9.01. The van der Waals surface area contributed by atoms with E-state index in [4.69, 9.17) is 22.6 Å². The number of halogens is 1. The van der Waals surface area contributed by atoms with Crippen molar-refractivity contribution in [3.8, 4) is 6.07 Å². The first-order chi connectivity index (χ1) is 10.4. The van der Waals surface area contributed by atoms with Crippen molar-refractivity contribution < 1.29 is 0 Å². The number of piperazine rings is 1. The Morgan fingerprint density at radius 1 is 1.27 bits per heavy atom. The van der Waals surface area contributed by atoms with Crippen LogP contribution in [0, 0.1) is 16.7 Å². The van der Waals surface area contributed by atoms with Crippen LogP contribution in [0.15, 0.2) is 29.3 Å². The van der Waals surface area contributed by atoms with Crippen molar-refractivity contribution in [2.24, 2.45) is 16.1 Å². The molecule has 0 amide bonds. The number of aliphatic imine (C=N–C) groups is 1. The summed E-state index contributed by atoms with van der Waals surface area (Å²) in [7, 11) is 0. The van der Waals surface area contributed by atoms with Gasteiger partial charge in [0.25, 0.3) is 0 Å². The molecule has 0 aromatic heterocycles. The Morgan fingerprint density at radius 3 is 2.41 bits per heavy atom. The molecule has 0 spiro atoms. The van der Waals surface area contributed by atoms with E-state index in [2.05, 4.69) is 20.9 Å². The SMILES string of the molecule is CC(C)(C#N)CN=C(N)N1CCN(c2ccc(Cl)cc2)CC1. The second-order valence-corrected chi connectivity index (χ2v) is 6.56. The molecular weight excluding hydrogens is 298 g/mol. The highest BCUT2D eigenvalue weighted by molar-refractivity contribution is 6.30. The fourth-order valence-electron chi connectivity index (χ4n) is 2.26. The van der Waals surface area contributed by atoms with E-state index in [1.807, 2.05) is 38.1 Å². The van der Waals surface area contributed by atoms with Crippen molar-refractivity contribution in [3.05, 3.63) is 29.3 Å². The summed E-state index contributed by atoms with van der Waals surface area (Å²) in [5.41, 5.74) is 6.74. The minimum atomic E-state index is -0.476. The molecule has 0 radical (unpaired) electrons. The van der Waals surface area contributed by atoms with Gasteiger partial charge in [-0.15, -0.1) is 0 Å². The summed E-state index contributed by atoms with van der Waals surface area (Å²) >= 11 is 5.92. The van der Waals surface area contributed by atoms with E-state index in [-0.39, 0.29) is 0 Å². The molecule has 2 rings (SSSR count). The van der Waals surface area contributed by atoms with Crippen LogP contribution in [0.25, 0.3) is 0 Å². The Bertz CT molecular complexity index is 565. The second kappa shape index (κ2) is 6.89. The van der Waals surface area contributed by atoms with Crippen molar-refractivity contribution in [2.45, 2.75) is 13.8 Å². The summed E-state index contributed by atoms with van der Waals surface area (Å²) in [6.07, 6.45) is 0. The minimum Gasteiger partial charge on any atom is -0.370 e. The number of nitriles is 1. The molecule has 118 valence electrons. The lowest BCUT2D eigenvalue weighted by atomic mass is 9.96. The molecule has 1 aromatic carbocycles. The Labute approximate surface area is 137 Å². The quantitative estimate of drug-likeness (QED) is 0.686. The summed E-state index contributed by atoms with van der Waals surface area (Å²) in [5.74, 6) is 0.527. The maximum atomic E-state index is 9.01. The van der Waals surface area contributed by atoms with Gasteiger partial charge in [0, 0.05) is 36.9 Å². The molecule has 1 aromatic rings. The summed E-state index contributed by atoms with van der Waals surface area (Å²) in [6.45, 7) is 7.58. The monoisotopic (exact) mass is 319 g/mol. The van der Waals surface area contributed by atoms with E-state index >= 15 is 0 Å². The van der Waals surface area contributed by atoms with Gasteiger partial charge in [-0.2, -0.15) is 5.26 Å². The molecule has 5 nitrogen and oxygen atoms in total. The highest BCUT2D eigenvalue weighted by atomic mass is 35.5. The number of benzene rings is 1. The van der Waals surface area contributed by atoms with E-state index in [1.54, 1.807) is 0 Å². The molecule has 1 aliphatic heterocycles. The number of hydrogen-bond acceptors (Lipinski definition) is 3. The molecule has 0 unspecified atom stereocenters. The van der Waals surface area contributed by atoms with Crippen LogP contribution in [-0.2, 0) is 0 Å². The Morgan fingerprint density at radius 2 is 1.86 bits per heavy atom. The molecule has 6 heteroatoms. The van der Waals surface area contributed by atoms with Crippen LogP contribution in [0.2, 0.25) is 5.02 Å². The number of guanidine groups is 1. The Balaban J connectivity index is 1.90. The number of nitrogens with zero attached hydrogens (tertiary/aromatic N) is 4. The lowest BCUT2D eigenvalue weighted by Gasteiger charge is -2.36. The molecule has 0 atom stereocenters. The van der Waals surface area contributed by atoms with E-state index < -0.39 is 5.41 Å². The van der Waals surface area contributed by atoms with Gasteiger partial charge >= 0.3 is 0 Å². The van der Waals surface area contributed by atoms with E-state index in [0.29, 0.717) is 12.5 Å². The number of anilines is 1. The van der Waals surface area contributed by atoms with Gasteiger partial charge < -0.3 is 15.5 Å². The maximum Gasteiger partial charge on any atom is 0.191 e. The number of nitrogens with two attached hydrogens (primary N) is 1. The van der Waals surface area contributed by atoms with Crippen molar-refractivity contribution in [1.82, 2.24) is 4.90 Å². The van der Waals surface area contributed by atoms with Gasteiger partial charge in [-0.1, -0.05) is 11.6 Å². The summed E-state index contributed by atoms with van der Waals surface area (Å²) < 4.78 is 0. The van der Waals surface area contributed by atoms with Gasteiger partial charge in [-0.05, 0) is 38.1 Å². The van der Waals surface area contributed by atoms with Crippen LogP contribution in [0.3, 0.4) is 0 Å². The molecule has 22 heavy (non-hydrogen) atoms. The van der Waals surface area contributed by atoms with Crippen LogP contribution in [0.4, 0.5) is 5.69 Å². The van der Waals surface area contributed by atoms with Crippen LogP contribution >= 0.6 is 11.6 Å². The largest absolute Gasteiger partial charge is 0.370 e. The topological polar surface area (TPSA) is 68.6 Å². The van der Waals surface area contributed by atoms with Crippen molar-refractivity contribution >= 4 is 23.2 Å². The standard InChI is InChI=1S/C16H22ClN5/c1-16(2,11-18)12-20-15(19)22-9-7-21(8-10-22)14-5-3-13(17)4-6-14/h3-6H,7-10,12H2,1-2H3,(H2,19,20). The average Bonchev–Trinajstić information content (AvgIpc) is 2.54. The third-order valence-corrected chi connectivity index (χ3v) is 3.99. The van der Waals surface area contributed by atoms with Crippen molar-refractivity contribution in [2.75, 3.05) is 37.6 Å². The average molecular weight is 320 g/mol. The van der Waals surface area contributed by atoms with Gasteiger partial charge in [0.15, 0.2) is 5.96 Å². The first kappa shape index (κ1) is 16.4. The number of hydrogen-bond donors (Lipinski definition) is 1.